The molecule has 0 spiro atoms. The van der Waals surface area contributed by atoms with Gasteiger partial charge in [-0.15, -0.1) is 0 Å². The lowest BCUT2D eigenvalue weighted by Crippen LogP contribution is -2.49. The van der Waals surface area contributed by atoms with Crippen molar-refractivity contribution < 1.29 is 9.59 Å². The van der Waals surface area contributed by atoms with Crippen LogP contribution in [-0.2, 0) is 9.59 Å². The Morgan fingerprint density at radius 1 is 0.909 bits per heavy atom. The van der Waals surface area contributed by atoms with E-state index < -0.39 is 0 Å². The highest BCUT2D eigenvalue weighted by molar-refractivity contribution is 6.30. The van der Waals surface area contributed by atoms with Gasteiger partial charge in [0.1, 0.15) is 0 Å². The Hall–Kier alpha value is -3.45. The Balaban J connectivity index is 1.26. The molecule has 2 saturated heterocycles. The number of likely N-dealkylation sites (tertiary alicyclic amines) is 1. The average Bonchev–Trinajstić information content (AvgIpc) is 3.21. The van der Waals surface area contributed by atoms with E-state index in [1.54, 1.807) is 12.2 Å². The number of piperidine rings is 1. The highest BCUT2D eigenvalue weighted by Gasteiger charge is 2.32. The van der Waals surface area contributed by atoms with Gasteiger partial charge in [0.2, 0.25) is 11.8 Å². The van der Waals surface area contributed by atoms with Gasteiger partial charge >= 0.3 is 0 Å². The zero-order valence-corrected chi connectivity index (χ0v) is 26.3. The molecule has 0 aliphatic carbocycles. The lowest BCUT2D eigenvalue weighted by Gasteiger charge is -2.30. The summed E-state index contributed by atoms with van der Waals surface area (Å²) in [5.41, 5.74) is 3.34. The number of carbonyl (C=O) groups excluding carboxylic acids is 2. The minimum absolute atomic E-state index is 0.00344. The lowest BCUT2D eigenvalue weighted by atomic mass is 9.90. The van der Waals surface area contributed by atoms with Gasteiger partial charge in [0.15, 0.2) is 0 Å². The van der Waals surface area contributed by atoms with Crippen molar-refractivity contribution in [3.8, 4) is 0 Å². The molecule has 2 fully saturated rings. The van der Waals surface area contributed by atoms with Crippen molar-refractivity contribution in [1.29, 1.82) is 0 Å². The number of halogens is 1. The summed E-state index contributed by atoms with van der Waals surface area (Å²) in [4.78, 5) is 31.4. The van der Waals surface area contributed by atoms with E-state index in [4.69, 9.17) is 11.6 Å². The van der Waals surface area contributed by atoms with E-state index in [9.17, 15) is 9.59 Å². The molecule has 2 aliphatic heterocycles. The van der Waals surface area contributed by atoms with Gasteiger partial charge in [-0.2, -0.15) is 0 Å². The van der Waals surface area contributed by atoms with Gasteiger partial charge in [0.05, 0.1) is 6.04 Å². The topological polar surface area (TPSA) is 64.7 Å². The molecular weight excluding hydrogens is 568 g/mol. The summed E-state index contributed by atoms with van der Waals surface area (Å²) >= 11 is 5.98. The van der Waals surface area contributed by atoms with Gasteiger partial charge in [-0.05, 0) is 86.6 Å². The van der Waals surface area contributed by atoms with Crippen molar-refractivity contribution in [3.05, 3.63) is 113 Å². The van der Waals surface area contributed by atoms with Gasteiger partial charge in [0.25, 0.3) is 0 Å². The van der Waals surface area contributed by atoms with E-state index in [2.05, 4.69) is 69.0 Å². The zero-order valence-electron chi connectivity index (χ0n) is 25.5. The summed E-state index contributed by atoms with van der Waals surface area (Å²) in [7, 11) is 0. The molecule has 2 unspecified atom stereocenters. The largest absolute Gasteiger partial charge is 0.351 e. The first kappa shape index (κ1) is 32.0. The van der Waals surface area contributed by atoms with Gasteiger partial charge in [0, 0.05) is 42.7 Å². The normalized spacial score (nSPS) is 19.8. The molecule has 6 nitrogen and oxygen atoms in total. The Morgan fingerprint density at radius 3 is 2.23 bits per heavy atom. The van der Waals surface area contributed by atoms with Gasteiger partial charge in [-0.25, -0.2) is 0 Å². The van der Waals surface area contributed by atoms with Crippen molar-refractivity contribution >= 4 is 29.5 Å². The summed E-state index contributed by atoms with van der Waals surface area (Å²) in [6, 6.07) is 28.1. The summed E-state index contributed by atoms with van der Waals surface area (Å²) in [6.07, 6.45) is 9.72. The first-order valence-corrected chi connectivity index (χ1v) is 16.5. The first-order chi connectivity index (χ1) is 21.5. The molecule has 2 atom stereocenters. The van der Waals surface area contributed by atoms with Gasteiger partial charge in [-0.3, -0.25) is 9.59 Å². The predicted octanol–water partition coefficient (Wildman–Crippen LogP) is 6.13. The van der Waals surface area contributed by atoms with Crippen LogP contribution in [0.3, 0.4) is 0 Å². The molecule has 3 aromatic carbocycles. The third-order valence-electron chi connectivity index (χ3n) is 8.84. The standard InChI is InChI=1S/C37H45ClN4O2/c38-32-19-16-29(17-20-32)18-21-36(43)39-27-33-22-26-42(37(44)35(40-33)15-10-25-41-23-8-3-9-24-41)28-34(30-11-4-1-5-12-30)31-13-6-2-7-14-31/h1-2,4-7,11-14,16-21,33-35,40H,3,8-10,15,22-28H2,(H,39,43)/b21-18+. The number of nitrogens with zero attached hydrogens (tertiary/aromatic N) is 2. The van der Waals surface area contributed by atoms with Crippen molar-refractivity contribution in [2.45, 2.75) is 56.5 Å². The number of benzene rings is 3. The van der Waals surface area contributed by atoms with Crippen LogP contribution in [0.5, 0.6) is 0 Å². The van der Waals surface area contributed by atoms with E-state index >= 15 is 0 Å². The minimum Gasteiger partial charge on any atom is -0.351 e. The summed E-state index contributed by atoms with van der Waals surface area (Å²) in [6.45, 7) is 5.08. The Kier molecular flexibility index (Phi) is 12.0. The highest BCUT2D eigenvalue weighted by Crippen LogP contribution is 2.27. The summed E-state index contributed by atoms with van der Waals surface area (Å²) < 4.78 is 0. The van der Waals surface area contributed by atoms with Crippen molar-refractivity contribution in [3.63, 3.8) is 0 Å². The van der Waals surface area contributed by atoms with Crippen LogP contribution in [0.15, 0.2) is 91.0 Å². The van der Waals surface area contributed by atoms with E-state index in [1.165, 1.54) is 30.4 Å². The summed E-state index contributed by atoms with van der Waals surface area (Å²) in [5.74, 6) is 0.102. The fraction of sp³-hybridized carbons (Fsp3) is 0.405. The quantitative estimate of drug-likeness (QED) is 0.242. The Bertz CT molecular complexity index is 1300. The van der Waals surface area contributed by atoms with E-state index in [1.807, 2.05) is 36.4 Å². The maximum absolute atomic E-state index is 14.1. The van der Waals surface area contributed by atoms with E-state index in [0.717, 1.165) is 44.5 Å². The monoisotopic (exact) mass is 612 g/mol. The maximum atomic E-state index is 14.1. The van der Waals surface area contributed by atoms with Crippen LogP contribution in [0.25, 0.3) is 6.08 Å². The van der Waals surface area contributed by atoms with Crippen LogP contribution >= 0.6 is 11.6 Å². The fourth-order valence-electron chi connectivity index (χ4n) is 6.36. The number of amides is 2. The number of nitrogens with one attached hydrogen (secondary N) is 2. The molecule has 3 aromatic rings. The zero-order chi connectivity index (χ0) is 30.6. The lowest BCUT2D eigenvalue weighted by molar-refractivity contribution is -0.133. The second-order valence-corrected chi connectivity index (χ2v) is 12.5. The fourth-order valence-corrected chi connectivity index (χ4v) is 6.48. The van der Waals surface area contributed by atoms with Crippen LogP contribution in [0.4, 0.5) is 0 Å². The number of hydrogen-bond donors (Lipinski definition) is 2. The molecule has 0 radical (unpaired) electrons. The van der Waals surface area contributed by atoms with E-state index in [0.29, 0.717) is 24.7 Å². The molecule has 5 rings (SSSR count). The van der Waals surface area contributed by atoms with Crippen LogP contribution in [0.2, 0.25) is 5.02 Å². The molecule has 2 heterocycles. The van der Waals surface area contributed by atoms with Crippen molar-refractivity contribution in [2.24, 2.45) is 0 Å². The van der Waals surface area contributed by atoms with Gasteiger partial charge in [-0.1, -0.05) is 90.8 Å². The molecular formula is C37H45ClN4O2. The molecule has 232 valence electrons. The van der Waals surface area contributed by atoms with E-state index in [-0.39, 0.29) is 29.8 Å². The molecule has 2 N–H and O–H groups in total. The average molecular weight is 613 g/mol. The number of rotatable bonds is 12. The van der Waals surface area contributed by atoms with Gasteiger partial charge < -0.3 is 20.4 Å². The predicted molar refractivity (Wildman–Crippen MR) is 180 cm³/mol. The van der Waals surface area contributed by atoms with Crippen LogP contribution in [-0.4, -0.2) is 73.0 Å². The minimum atomic E-state index is -0.277. The van der Waals surface area contributed by atoms with Crippen molar-refractivity contribution in [1.82, 2.24) is 20.4 Å². The Morgan fingerprint density at radius 2 is 1.57 bits per heavy atom. The molecule has 7 heteroatoms. The third-order valence-corrected chi connectivity index (χ3v) is 9.09. The van der Waals surface area contributed by atoms with Crippen molar-refractivity contribution in [2.75, 3.05) is 39.3 Å². The first-order valence-electron chi connectivity index (χ1n) is 16.1. The number of carbonyl (C=O) groups is 2. The second kappa shape index (κ2) is 16.6. The smallest absolute Gasteiger partial charge is 0.244 e. The molecule has 2 amide bonds. The highest BCUT2D eigenvalue weighted by atomic mass is 35.5. The van der Waals surface area contributed by atoms with Crippen LogP contribution < -0.4 is 10.6 Å². The molecule has 0 bridgehead atoms. The molecule has 2 aliphatic rings. The second-order valence-electron chi connectivity index (χ2n) is 12.0. The maximum Gasteiger partial charge on any atom is 0.244 e. The van der Waals surface area contributed by atoms with Crippen LogP contribution in [0.1, 0.15) is 61.1 Å². The Labute approximate surface area is 267 Å². The molecule has 0 saturated carbocycles. The summed E-state index contributed by atoms with van der Waals surface area (Å²) in [5, 5.41) is 7.38. The number of hydrogen-bond acceptors (Lipinski definition) is 4. The SMILES string of the molecule is O=C(/C=C/c1ccc(Cl)cc1)NCC1CCN(CC(c2ccccc2)c2ccccc2)C(=O)C(CCCN2CCCCC2)N1. The van der Waals surface area contributed by atoms with Crippen LogP contribution in [0, 0.1) is 0 Å². The molecule has 44 heavy (non-hydrogen) atoms. The molecule has 0 aromatic heterocycles. The third kappa shape index (κ3) is 9.52.